The van der Waals surface area contributed by atoms with Gasteiger partial charge in [0.2, 0.25) is 5.78 Å². The summed E-state index contributed by atoms with van der Waals surface area (Å²) in [5.41, 5.74) is 4.27. The predicted molar refractivity (Wildman–Crippen MR) is 113 cm³/mol. The summed E-state index contributed by atoms with van der Waals surface area (Å²) in [7, 11) is 0. The number of aryl methyl sites for hydroxylation is 1. The number of esters is 1. The molecule has 8 heteroatoms. The summed E-state index contributed by atoms with van der Waals surface area (Å²) in [5.74, 6) is -0.863. The van der Waals surface area contributed by atoms with Crippen molar-refractivity contribution in [3.05, 3.63) is 95.1 Å². The molecule has 0 atom stereocenters. The number of tetrazole rings is 1. The van der Waals surface area contributed by atoms with Gasteiger partial charge in [-0.1, -0.05) is 42.5 Å². The number of hydrogen-bond acceptors (Lipinski definition) is 6. The molecule has 2 aromatic heterocycles. The van der Waals surface area contributed by atoms with Crippen molar-refractivity contribution in [3.63, 3.8) is 0 Å². The van der Waals surface area contributed by atoms with Crippen LogP contribution in [0.4, 0.5) is 0 Å². The van der Waals surface area contributed by atoms with Gasteiger partial charge in [-0.2, -0.15) is 4.68 Å². The van der Waals surface area contributed by atoms with Crippen molar-refractivity contribution in [2.45, 2.75) is 20.4 Å². The Balaban J connectivity index is 1.48. The summed E-state index contributed by atoms with van der Waals surface area (Å²) in [6, 6.07) is 18.7. The number of rotatable bonds is 7. The number of carbonyl (C=O) groups excluding carboxylic acids is 2. The first-order valence-corrected chi connectivity index (χ1v) is 9.78. The topological polar surface area (TPSA) is 91.9 Å². The molecule has 0 saturated carbocycles. The average Bonchev–Trinajstić information content (AvgIpc) is 3.42. The molecule has 0 N–H and O–H groups in total. The van der Waals surface area contributed by atoms with E-state index >= 15 is 0 Å². The van der Waals surface area contributed by atoms with Gasteiger partial charge in [0.25, 0.3) is 0 Å². The first-order chi connectivity index (χ1) is 15.0. The van der Waals surface area contributed by atoms with Gasteiger partial charge in [0.05, 0.1) is 11.3 Å². The highest BCUT2D eigenvalue weighted by Gasteiger charge is 2.20. The van der Waals surface area contributed by atoms with Gasteiger partial charge in [0, 0.05) is 23.5 Å². The fraction of sp³-hybridized carbons (Fsp3) is 0.174. The molecule has 0 unspecified atom stereocenters. The Morgan fingerprint density at radius 2 is 1.71 bits per heavy atom. The van der Waals surface area contributed by atoms with E-state index < -0.39 is 5.97 Å². The molecule has 0 spiro atoms. The highest BCUT2D eigenvalue weighted by molar-refractivity contribution is 6.01. The molecule has 0 fully saturated rings. The van der Waals surface area contributed by atoms with E-state index in [-0.39, 0.29) is 18.0 Å². The van der Waals surface area contributed by atoms with Gasteiger partial charge < -0.3 is 9.30 Å². The SMILES string of the molecule is Cc1cc(C(=O)COC(=O)c2ccccc2-n2cnnn2)c(C)n1Cc1ccccc1. The predicted octanol–water partition coefficient (Wildman–Crippen LogP) is 3.17. The first-order valence-electron chi connectivity index (χ1n) is 9.78. The third-order valence-electron chi connectivity index (χ3n) is 5.11. The van der Waals surface area contributed by atoms with Gasteiger partial charge in [-0.3, -0.25) is 4.79 Å². The maximum Gasteiger partial charge on any atom is 0.340 e. The summed E-state index contributed by atoms with van der Waals surface area (Å²) >= 11 is 0. The van der Waals surface area contributed by atoms with Crippen molar-refractivity contribution in [1.29, 1.82) is 0 Å². The molecule has 31 heavy (non-hydrogen) atoms. The highest BCUT2D eigenvalue weighted by atomic mass is 16.5. The Labute approximate surface area is 179 Å². The molecular formula is C23H21N5O3. The molecule has 0 bridgehead atoms. The second-order valence-electron chi connectivity index (χ2n) is 7.13. The summed E-state index contributed by atoms with van der Waals surface area (Å²) in [6.07, 6.45) is 1.39. The van der Waals surface area contributed by atoms with E-state index in [2.05, 4.69) is 20.1 Å². The number of ether oxygens (including phenoxy) is 1. The maximum absolute atomic E-state index is 12.8. The van der Waals surface area contributed by atoms with E-state index in [1.807, 2.05) is 50.2 Å². The minimum absolute atomic E-state index is 0.249. The lowest BCUT2D eigenvalue weighted by Crippen LogP contribution is -2.17. The van der Waals surface area contributed by atoms with E-state index in [9.17, 15) is 9.59 Å². The molecule has 0 amide bonds. The quantitative estimate of drug-likeness (QED) is 0.340. The van der Waals surface area contributed by atoms with Crippen molar-refractivity contribution in [1.82, 2.24) is 24.8 Å². The minimum Gasteiger partial charge on any atom is -0.454 e. The first kappa shape index (κ1) is 20.2. The largest absolute Gasteiger partial charge is 0.454 e. The number of aromatic nitrogens is 5. The lowest BCUT2D eigenvalue weighted by Gasteiger charge is -2.10. The molecule has 2 heterocycles. The standard InChI is InChI=1S/C23H21N5O3/c1-16-12-20(17(2)27(16)13-18-8-4-3-5-9-18)22(29)14-31-23(30)19-10-6-7-11-21(19)28-15-24-25-26-28/h3-12,15H,13-14H2,1-2H3. The fourth-order valence-corrected chi connectivity index (χ4v) is 3.50. The molecule has 0 saturated heterocycles. The summed E-state index contributed by atoms with van der Waals surface area (Å²) in [6.45, 7) is 4.18. The van der Waals surface area contributed by atoms with Gasteiger partial charge in [-0.25, -0.2) is 4.79 Å². The third-order valence-corrected chi connectivity index (χ3v) is 5.11. The molecule has 8 nitrogen and oxygen atoms in total. The van der Waals surface area contributed by atoms with Crippen LogP contribution in [0.1, 0.15) is 37.7 Å². The summed E-state index contributed by atoms with van der Waals surface area (Å²) in [5, 5.41) is 11.0. The Hall–Kier alpha value is -4.07. The van der Waals surface area contributed by atoms with Crippen LogP contribution < -0.4 is 0 Å². The van der Waals surface area contributed by atoms with Crippen LogP contribution >= 0.6 is 0 Å². The number of para-hydroxylation sites is 1. The van der Waals surface area contributed by atoms with Gasteiger partial charge in [0.1, 0.15) is 6.33 Å². The highest BCUT2D eigenvalue weighted by Crippen LogP contribution is 2.19. The molecule has 4 aromatic rings. The summed E-state index contributed by atoms with van der Waals surface area (Å²) < 4.78 is 8.78. The normalized spacial score (nSPS) is 10.8. The Morgan fingerprint density at radius 3 is 2.45 bits per heavy atom. The van der Waals surface area contributed by atoms with Crippen LogP contribution in [0.15, 0.2) is 67.0 Å². The van der Waals surface area contributed by atoms with E-state index in [1.54, 1.807) is 24.3 Å². The molecule has 0 aliphatic heterocycles. The number of nitrogens with zero attached hydrogens (tertiary/aromatic N) is 5. The van der Waals surface area contributed by atoms with E-state index in [0.717, 1.165) is 17.0 Å². The smallest absolute Gasteiger partial charge is 0.340 e. The van der Waals surface area contributed by atoms with Crippen molar-refractivity contribution >= 4 is 11.8 Å². The van der Waals surface area contributed by atoms with Crippen LogP contribution in [-0.2, 0) is 11.3 Å². The number of carbonyl (C=O) groups is 2. The van der Waals surface area contributed by atoms with Crippen LogP contribution in [0.5, 0.6) is 0 Å². The Kier molecular flexibility index (Phi) is 5.70. The minimum atomic E-state index is -0.613. The third kappa shape index (κ3) is 4.28. The van der Waals surface area contributed by atoms with E-state index in [0.29, 0.717) is 17.8 Å². The zero-order valence-corrected chi connectivity index (χ0v) is 17.2. The van der Waals surface area contributed by atoms with Crippen molar-refractivity contribution in [2.24, 2.45) is 0 Å². The molecular weight excluding hydrogens is 394 g/mol. The zero-order valence-electron chi connectivity index (χ0n) is 17.2. The van der Waals surface area contributed by atoms with Crippen molar-refractivity contribution in [2.75, 3.05) is 6.61 Å². The number of ketones is 1. The van der Waals surface area contributed by atoms with E-state index in [1.165, 1.54) is 11.0 Å². The van der Waals surface area contributed by atoms with Gasteiger partial charge in [-0.05, 0) is 48.0 Å². The van der Waals surface area contributed by atoms with Gasteiger partial charge in [0.15, 0.2) is 6.61 Å². The van der Waals surface area contributed by atoms with Gasteiger partial charge in [-0.15, -0.1) is 5.10 Å². The number of Topliss-reactive ketones (excluding diaryl/α,β-unsaturated/α-hetero) is 1. The Morgan fingerprint density at radius 1 is 0.968 bits per heavy atom. The monoisotopic (exact) mass is 415 g/mol. The van der Waals surface area contributed by atoms with Crippen LogP contribution in [0.2, 0.25) is 0 Å². The molecule has 0 aliphatic carbocycles. The fourth-order valence-electron chi connectivity index (χ4n) is 3.50. The average molecular weight is 415 g/mol. The van der Waals surface area contributed by atoms with Crippen LogP contribution in [0.25, 0.3) is 5.69 Å². The van der Waals surface area contributed by atoms with E-state index in [4.69, 9.17) is 4.74 Å². The molecule has 4 rings (SSSR count). The molecule has 2 aromatic carbocycles. The molecule has 156 valence electrons. The lowest BCUT2D eigenvalue weighted by molar-refractivity contribution is 0.0474. The number of hydrogen-bond donors (Lipinski definition) is 0. The summed E-state index contributed by atoms with van der Waals surface area (Å²) in [4.78, 5) is 25.4. The van der Waals surface area contributed by atoms with Gasteiger partial charge >= 0.3 is 5.97 Å². The van der Waals surface area contributed by atoms with Crippen LogP contribution in [0, 0.1) is 13.8 Å². The Bertz CT molecular complexity index is 1210. The second-order valence-corrected chi connectivity index (χ2v) is 7.13. The second kappa shape index (κ2) is 8.74. The van der Waals surface area contributed by atoms with Crippen molar-refractivity contribution in [3.8, 4) is 5.69 Å². The number of benzene rings is 2. The van der Waals surface area contributed by atoms with Crippen LogP contribution in [-0.4, -0.2) is 43.1 Å². The van der Waals surface area contributed by atoms with Crippen LogP contribution in [0.3, 0.4) is 0 Å². The molecule has 0 radical (unpaired) electrons. The lowest BCUT2D eigenvalue weighted by atomic mass is 10.1. The maximum atomic E-state index is 12.8. The molecule has 0 aliphatic rings. The van der Waals surface area contributed by atoms with Crippen molar-refractivity contribution < 1.29 is 14.3 Å². The zero-order chi connectivity index (χ0) is 21.8.